The highest BCUT2D eigenvalue weighted by atomic mass is 35.5. The van der Waals surface area contributed by atoms with Crippen LogP contribution in [0.25, 0.3) is 0 Å². The van der Waals surface area contributed by atoms with Crippen molar-refractivity contribution in [3.05, 3.63) is 53.1 Å². The summed E-state index contributed by atoms with van der Waals surface area (Å²) in [6, 6.07) is 6.93. The average molecular weight is 622 g/mol. The largest absolute Gasteiger partial charge is 0.458 e. The van der Waals surface area contributed by atoms with Gasteiger partial charge in [0.15, 0.2) is 17.2 Å². The van der Waals surface area contributed by atoms with Crippen LogP contribution in [0.2, 0.25) is 5.02 Å². The second-order valence-electron chi connectivity index (χ2n) is 13.3. The number of carbonyl (C=O) groups excluding carboxylic acids is 3. The van der Waals surface area contributed by atoms with Crippen LogP contribution in [0.1, 0.15) is 59.8 Å². The molecule has 1 aromatic rings. The van der Waals surface area contributed by atoms with Crippen LogP contribution in [-0.4, -0.2) is 59.4 Å². The molecule has 2 N–H and O–H groups in total. The second kappa shape index (κ2) is 12.4. The Morgan fingerprint density at radius 3 is 2.42 bits per heavy atom. The summed E-state index contributed by atoms with van der Waals surface area (Å²) >= 11 is 5.62. The van der Waals surface area contributed by atoms with Crippen LogP contribution in [0.3, 0.4) is 0 Å². The summed E-state index contributed by atoms with van der Waals surface area (Å²) in [6.07, 6.45) is 2.14. The number of aliphatic hydroxyl groups is 1. The number of esters is 1. The zero-order valence-electron chi connectivity index (χ0n) is 25.4. The summed E-state index contributed by atoms with van der Waals surface area (Å²) < 4.78 is 37.5. The molecule has 0 aromatic heterocycles. The molecule has 3 saturated carbocycles. The van der Waals surface area contributed by atoms with Gasteiger partial charge in [-0.3, -0.25) is 24.7 Å². The molecule has 10 heteroatoms. The van der Waals surface area contributed by atoms with Gasteiger partial charge >= 0.3 is 5.97 Å². The van der Waals surface area contributed by atoms with Crippen LogP contribution in [-0.2, 0) is 19.1 Å². The van der Waals surface area contributed by atoms with Gasteiger partial charge in [0.25, 0.3) is 0 Å². The Bertz CT molecular complexity index is 1300. The highest BCUT2D eigenvalue weighted by Crippen LogP contribution is 2.69. The maximum Gasteiger partial charge on any atom is 0.306 e. The first kappa shape index (κ1) is 33.3. The number of allylic oxidation sites excluding steroid dienone is 4. The minimum Gasteiger partial charge on any atom is -0.458 e. The summed E-state index contributed by atoms with van der Waals surface area (Å²) in [6.45, 7) is 6.89. The Morgan fingerprint density at radius 1 is 1.16 bits per heavy atom. The number of hydroxylamine groups is 1. The zero-order valence-corrected chi connectivity index (χ0v) is 26.1. The fourth-order valence-electron chi connectivity index (χ4n) is 8.03. The van der Waals surface area contributed by atoms with E-state index >= 15 is 8.78 Å². The monoisotopic (exact) mass is 621 g/mol. The lowest BCUT2D eigenvalue weighted by Crippen LogP contribution is -2.68. The number of hydrogen-bond acceptors (Lipinski definition) is 7. The van der Waals surface area contributed by atoms with Gasteiger partial charge in [-0.05, 0) is 91.8 Å². The molecular formula is C33H42ClF2NO6. The van der Waals surface area contributed by atoms with Gasteiger partial charge in [-0.2, -0.15) is 0 Å². The van der Waals surface area contributed by atoms with Gasteiger partial charge in [0.2, 0.25) is 0 Å². The van der Waals surface area contributed by atoms with Crippen molar-refractivity contribution in [3.8, 4) is 0 Å². The number of fused-ring (bicyclic) bond motifs is 5. The van der Waals surface area contributed by atoms with Crippen molar-refractivity contribution in [2.24, 2.45) is 34.5 Å². The van der Waals surface area contributed by atoms with E-state index in [4.69, 9.17) is 21.5 Å². The van der Waals surface area contributed by atoms with Gasteiger partial charge in [-0.25, -0.2) is 8.78 Å². The number of carbonyl (C=O) groups is 3. The fourth-order valence-corrected chi connectivity index (χ4v) is 8.16. The number of Topliss-reactive ketones (excluding diaryl/α,β-unsaturated/α-hetero) is 1. The van der Waals surface area contributed by atoms with E-state index in [0.29, 0.717) is 17.9 Å². The third-order valence-corrected chi connectivity index (χ3v) is 10.4. The maximum absolute atomic E-state index is 17.0. The highest BCUT2D eigenvalue weighted by Gasteiger charge is 2.72. The highest BCUT2D eigenvalue weighted by molar-refractivity contribution is 6.30. The lowest BCUT2D eigenvalue weighted by molar-refractivity contribution is -0.202. The summed E-state index contributed by atoms with van der Waals surface area (Å²) in [7, 11) is 1.56. The molecule has 0 amide bonds. The predicted octanol–water partition coefficient (Wildman–Crippen LogP) is 6.25. The molecule has 8 atom stereocenters. The van der Waals surface area contributed by atoms with E-state index in [0.717, 1.165) is 10.8 Å². The van der Waals surface area contributed by atoms with Crippen molar-refractivity contribution in [2.45, 2.75) is 77.7 Å². The summed E-state index contributed by atoms with van der Waals surface area (Å²) in [5, 5.41) is 21.8. The molecule has 4 aliphatic rings. The number of halogens is 3. The van der Waals surface area contributed by atoms with Crippen LogP contribution in [0.15, 0.2) is 48.1 Å². The van der Waals surface area contributed by atoms with E-state index in [9.17, 15) is 19.5 Å². The number of nitrogens with zero attached hydrogens (tertiary/aromatic N) is 1. The molecule has 236 valence electrons. The average Bonchev–Trinajstić information content (AvgIpc) is 3.27. The number of ketones is 2. The lowest BCUT2D eigenvalue weighted by Gasteiger charge is -2.62. The van der Waals surface area contributed by atoms with Crippen molar-refractivity contribution in [1.29, 1.82) is 0 Å². The zero-order chi connectivity index (χ0) is 31.9. The molecule has 1 unspecified atom stereocenters. The number of aliphatic hydroxyl groups excluding tert-OH is 1. The van der Waals surface area contributed by atoms with E-state index in [1.54, 1.807) is 38.2 Å². The van der Waals surface area contributed by atoms with Crippen molar-refractivity contribution < 1.29 is 38.2 Å². The first-order chi connectivity index (χ1) is 20.0. The van der Waals surface area contributed by atoms with Crippen LogP contribution in [0.5, 0.6) is 0 Å². The van der Waals surface area contributed by atoms with E-state index in [-0.39, 0.29) is 54.8 Å². The standard InChI is InChI=1S/C26H34F2O5.C7H8ClNO/c1-14(2)9-23(32)33-13-21(30)17-6-5-16-18-11-20(27)19-10-15(29)7-8-25(19,4)26(18,28)22(31)12-24(16,17)3;1-9(10)7-4-2-6(8)3-5-7/h7-8,10,14,16-18,20,22,31H,5-6,9,11-13H2,1-4H3;2-5,10H,1H3/t16?,17-,18+,20+,22+,24+,25+,26+;/m1./s1. The number of hydrogen-bond donors (Lipinski definition) is 2. The Labute approximate surface area is 256 Å². The molecule has 7 nitrogen and oxygen atoms in total. The second-order valence-corrected chi connectivity index (χ2v) is 13.7. The molecular weight excluding hydrogens is 580 g/mol. The van der Waals surface area contributed by atoms with Crippen LogP contribution >= 0.6 is 11.6 Å². The normalized spacial score (nSPS) is 36.0. The van der Waals surface area contributed by atoms with E-state index in [2.05, 4.69) is 0 Å². The van der Waals surface area contributed by atoms with Gasteiger partial charge in [0.05, 0.1) is 11.8 Å². The Kier molecular flexibility index (Phi) is 9.60. The minimum atomic E-state index is -2.13. The van der Waals surface area contributed by atoms with E-state index in [1.807, 2.05) is 20.8 Å². The molecule has 0 aliphatic heterocycles. The number of benzene rings is 1. The van der Waals surface area contributed by atoms with Gasteiger partial charge in [-0.15, -0.1) is 0 Å². The van der Waals surface area contributed by atoms with E-state index < -0.39 is 46.6 Å². The van der Waals surface area contributed by atoms with Crippen LogP contribution in [0.4, 0.5) is 14.5 Å². The lowest BCUT2D eigenvalue weighted by atomic mass is 9.45. The first-order valence-corrected chi connectivity index (χ1v) is 15.2. The molecule has 0 bridgehead atoms. The van der Waals surface area contributed by atoms with E-state index in [1.165, 1.54) is 18.2 Å². The SMILES string of the molecule is CC(C)CC(=O)OCC(=O)[C@H]1CCC2[C@@H]3C[C@H](F)C4=CC(=O)C=C[C@]4(C)[C@@]3(F)[C@@H](O)C[C@@]21C.CN(O)c1ccc(Cl)cc1. The molecule has 0 saturated heterocycles. The quantitative estimate of drug-likeness (QED) is 0.286. The number of rotatable bonds is 6. The maximum atomic E-state index is 17.0. The van der Waals surface area contributed by atoms with Crippen molar-refractivity contribution in [1.82, 2.24) is 0 Å². The van der Waals surface area contributed by atoms with Crippen LogP contribution < -0.4 is 5.06 Å². The van der Waals surface area contributed by atoms with Gasteiger partial charge in [-0.1, -0.05) is 38.4 Å². The summed E-state index contributed by atoms with van der Waals surface area (Å²) in [5.41, 5.74) is -3.45. The van der Waals surface area contributed by atoms with Crippen molar-refractivity contribution in [3.63, 3.8) is 0 Å². The third-order valence-electron chi connectivity index (χ3n) is 10.2. The molecule has 0 spiro atoms. The molecule has 4 aliphatic carbocycles. The Balaban J connectivity index is 0.000000359. The third kappa shape index (κ3) is 6.05. The number of ether oxygens (including phenoxy) is 1. The molecule has 0 heterocycles. The number of anilines is 1. The molecule has 3 fully saturated rings. The van der Waals surface area contributed by atoms with Gasteiger partial charge in [0, 0.05) is 35.7 Å². The molecule has 0 radical (unpaired) electrons. The molecule has 43 heavy (non-hydrogen) atoms. The van der Waals surface area contributed by atoms with Crippen molar-refractivity contribution in [2.75, 3.05) is 18.7 Å². The predicted molar refractivity (Wildman–Crippen MR) is 159 cm³/mol. The first-order valence-electron chi connectivity index (χ1n) is 14.9. The number of alkyl halides is 2. The fraction of sp³-hybridized carbons (Fsp3) is 0.606. The summed E-state index contributed by atoms with van der Waals surface area (Å²) in [4.78, 5) is 36.8. The summed E-state index contributed by atoms with van der Waals surface area (Å²) in [5.74, 6) is -2.48. The smallest absolute Gasteiger partial charge is 0.306 e. The van der Waals surface area contributed by atoms with Crippen LogP contribution in [0, 0.1) is 34.5 Å². The molecule has 5 rings (SSSR count). The molecule has 1 aromatic carbocycles. The Hall–Kier alpha value is -2.62. The topological polar surface area (TPSA) is 104 Å². The minimum absolute atomic E-state index is 0.0582. The van der Waals surface area contributed by atoms with Crippen molar-refractivity contribution >= 4 is 34.8 Å². The van der Waals surface area contributed by atoms with Gasteiger partial charge < -0.3 is 9.84 Å². The van der Waals surface area contributed by atoms with Gasteiger partial charge in [0.1, 0.15) is 12.8 Å². The Morgan fingerprint density at radius 2 is 1.81 bits per heavy atom.